The number of aromatic nitrogens is 2. The van der Waals surface area contributed by atoms with Gasteiger partial charge >= 0.3 is 0 Å². The van der Waals surface area contributed by atoms with Crippen molar-refractivity contribution in [3.63, 3.8) is 0 Å². The van der Waals surface area contributed by atoms with E-state index in [9.17, 15) is 0 Å². The lowest BCUT2D eigenvalue weighted by Crippen LogP contribution is -2.22. The standard InChI is InChI=1S/C14H22N4/c1-3-15-12-10(2)14(18-8-4-5-9-18)17-13(16-12)11-6-7-11/h11H,3-9H2,1-2H3,(H,15,16,17). The van der Waals surface area contributed by atoms with Gasteiger partial charge in [-0.05, 0) is 39.5 Å². The van der Waals surface area contributed by atoms with Crippen LogP contribution >= 0.6 is 0 Å². The maximum absolute atomic E-state index is 4.83. The fraction of sp³-hybridized carbons (Fsp3) is 0.714. The van der Waals surface area contributed by atoms with Crippen LogP contribution in [0.5, 0.6) is 0 Å². The van der Waals surface area contributed by atoms with Crippen LogP contribution in [0.15, 0.2) is 0 Å². The van der Waals surface area contributed by atoms with E-state index in [1.165, 1.54) is 37.1 Å². The second-order valence-corrected chi connectivity index (χ2v) is 5.38. The molecule has 1 aromatic heterocycles. The quantitative estimate of drug-likeness (QED) is 0.887. The van der Waals surface area contributed by atoms with Gasteiger partial charge in [0.25, 0.3) is 0 Å². The molecule has 98 valence electrons. The van der Waals surface area contributed by atoms with Crippen LogP contribution in [-0.4, -0.2) is 29.6 Å². The van der Waals surface area contributed by atoms with E-state index in [2.05, 4.69) is 24.1 Å². The molecular weight excluding hydrogens is 224 g/mol. The van der Waals surface area contributed by atoms with Crippen LogP contribution in [-0.2, 0) is 0 Å². The van der Waals surface area contributed by atoms with E-state index in [4.69, 9.17) is 9.97 Å². The minimum absolute atomic E-state index is 0.615. The largest absolute Gasteiger partial charge is 0.370 e. The molecule has 1 aliphatic carbocycles. The number of hydrogen-bond donors (Lipinski definition) is 1. The lowest BCUT2D eigenvalue weighted by atomic mass is 10.2. The van der Waals surface area contributed by atoms with E-state index >= 15 is 0 Å². The summed E-state index contributed by atoms with van der Waals surface area (Å²) in [6.07, 6.45) is 5.10. The van der Waals surface area contributed by atoms with E-state index in [1.54, 1.807) is 0 Å². The molecule has 0 amide bonds. The first kappa shape index (κ1) is 11.8. The maximum atomic E-state index is 4.83. The smallest absolute Gasteiger partial charge is 0.137 e. The van der Waals surface area contributed by atoms with Crippen LogP contribution in [0.1, 0.15) is 49.9 Å². The molecule has 0 aromatic carbocycles. The van der Waals surface area contributed by atoms with Crippen LogP contribution < -0.4 is 10.2 Å². The Kier molecular flexibility index (Phi) is 3.10. The lowest BCUT2D eigenvalue weighted by Gasteiger charge is -2.21. The third-order valence-corrected chi connectivity index (χ3v) is 3.83. The van der Waals surface area contributed by atoms with Crippen molar-refractivity contribution in [1.82, 2.24) is 9.97 Å². The molecule has 3 rings (SSSR count). The van der Waals surface area contributed by atoms with Crippen molar-refractivity contribution >= 4 is 11.6 Å². The summed E-state index contributed by atoms with van der Waals surface area (Å²) in [5, 5.41) is 3.38. The summed E-state index contributed by atoms with van der Waals surface area (Å²) in [6, 6.07) is 0. The Morgan fingerprint density at radius 3 is 2.56 bits per heavy atom. The first-order valence-electron chi connectivity index (χ1n) is 7.17. The molecular formula is C14H22N4. The van der Waals surface area contributed by atoms with E-state index < -0.39 is 0 Å². The molecule has 1 saturated heterocycles. The van der Waals surface area contributed by atoms with Crippen molar-refractivity contribution in [2.45, 2.75) is 45.4 Å². The normalized spacial score (nSPS) is 19.3. The molecule has 0 radical (unpaired) electrons. The summed E-state index contributed by atoms with van der Waals surface area (Å²) in [5.74, 6) is 3.87. The molecule has 2 aliphatic rings. The molecule has 1 N–H and O–H groups in total. The molecule has 1 aromatic rings. The highest BCUT2D eigenvalue weighted by molar-refractivity contribution is 5.59. The lowest BCUT2D eigenvalue weighted by molar-refractivity contribution is 0.861. The summed E-state index contributed by atoms with van der Waals surface area (Å²) >= 11 is 0. The Bertz CT molecular complexity index is 434. The first-order valence-corrected chi connectivity index (χ1v) is 7.17. The van der Waals surface area contributed by atoms with Crippen molar-refractivity contribution in [1.29, 1.82) is 0 Å². The van der Waals surface area contributed by atoms with Gasteiger partial charge in [0.2, 0.25) is 0 Å². The maximum Gasteiger partial charge on any atom is 0.137 e. The average Bonchev–Trinajstić information content (AvgIpc) is 3.08. The van der Waals surface area contributed by atoms with Crippen molar-refractivity contribution in [3.05, 3.63) is 11.4 Å². The number of nitrogens with one attached hydrogen (secondary N) is 1. The van der Waals surface area contributed by atoms with Crippen LogP contribution in [0, 0.1) is 6.92 Å². The van der Waals surface area contributed by atoms with E-state index in [0.29, 0.717) is 5.92 Å². The molecule has 0 unspecified atom stereocenters. The minimum atomic E-state index is 0.615. The summed E-state index contributed by atoms with van der Waals surface area (Å²) in [7, 11) is 0. The molecule has 0 bridgehead atoms. The Balaban J connectivity index is 1.98. The second-order valence-electron chi connectivity index (χ2n) is 5.38. The predicted molar refractivity (Wildman–Crippen MR) is 74.4 cm³/mol. The summed E-state index contributed by atoms with van der Waals surface area (Å²) in [4.78, 5) is 12.0. The molecule has 1 aliphatic heterocycles. The number of rotatable bonds is 4. The fourth-order valence-corrected chi connectivity index (χ4v) is 2.62. The zero-order valence-electron chi connectivity index (χ0n) is 11.4. The van der Waals surface area contributed by atoms with Gasteiger partial charge in [0.1, 0.15) is 17.5 Å². The Labute approximate surface area is 109 Å². The highest BCUT2D eigenvalue weighted by Gasteiger charge is 2.29. The van der Waals surface area contributed by atoms with Crippen molar-refractivity contribution in [2.75, 3.05) is 29.9 Å². The molecule has 2 fully saturated rings. The molecule has 0 spiro atoms. The van der Waals surface area contributed by atoms with E-state index in [0.717, 1.165) is 31.3 Å². The summed E-state index contributed by atoms with van der Waals surface area (Å²) < 4.78 is 0. The third kappa shape index (κ3) is 2.16. The topological polar surface area (TPSA) is 41.1 Å². The van der Waals surface area contributed by atoms with E-state index in [-0.39, 0.29) is 0 Å². The summed E-state index contributed by atoms with van der Waals surface area (Å²) in [5.41, 5.74) is 1.21. The van der Waals surface area contributed by atoms with Gasteiger partial charge in [-0.2, -0.15) is 0 Å². The van der Waals surface area contributed by atoms with Gasteiger partial charge in [-0.3, -0.25) is 0 Å². The number of hydrogen-bond acceptors (Lipinski definition) is 4. The van der Waals surface area contributed by atoms with Crippen LogP contribution in [0.25, 0.3) is 0 Å². The Morgan fingerprint density at radius 2 is 1.94 bits per heavy atom. The van der Waals surface area contributed by atoms with Gasteiger partial charge < -0.3 is 10.2 Å². The SMILES string of the molecule is CCNc1nc(C2CC2)nc(N2CCCC2)c1C. The highest BCUT2D eigenvalue weighted by atomic mass is 15.2. The number of anilines is 2. The van der Waals surface area contributed by atoms with Gasteiger partial charge in [0.15, 0.2) is 0 Å². The minimum Gasteiger partial charge on any atom is -0.370 e. The van der Waals surface area contributed by atoms with Crippen LogP contribution in [0.2, 0.25) is 0 Å². The molecule has 4 nitrogen and oxygen atoms in total. The van der Waals surface area contributed by atoms with Crippen LogP contribution in [0.4, 0.5) is 11.6 Å². The second kappa shape index (κ2) is 4.75. The molecule has 0 atom stereocenters. The van der Waals surface area contributed by atoms with Gasteiger partial charge in [0, 0.05) is 31.1 Å². The monoisotopic (exact) mass is 246 g/mol. The van der Waals surface area contributed by atoms with Gasteiger partial charge in [-0.1, -0.05) is 0 Å². The zero-order chi connectivity index (χ0) is 12.5. The first-order chi connectivity index (χ1) is 8.79. The van der Waals surface area contributed by atoms with Crippen molar-refractivity contribution in [3.8, 4) is 0 Å². The summed E-state index contributed by atoms with van der Waals surface area (Å²) in [6.45, 7) is 7.47. The highest BCUT2D eigenvalue weighted by Crippen LogP contribution is 2.40. The number of nitrogens with zero attached hydrogens (tertiary/aromatic N) is 3. The van der Waals surface area contributed by atoms with Crippen LogP contribution in [0.3, 0.4) is 0 Å². The molecule has 18 heavy (non-hydrogen) atoms. The van der Waals surface area contributed by atoms with E-state index in [1.807, 2.05) is 0 Å². The van der Waals surface area contributed by atoms with Crippen molar-refractivity contribution in [2.24, 2.45) is 0 Å². The van der Waals surface area contributed by atoms with Gasteiger partial charge in [0.05, 0.1) is 0 Å². The zero-order valence-corrected chi connectivity index (χ0v) is 11.4. The Morgan fingerprint density at radius 1 is 1.22 bits per heavy atom. The molecule has 4 heteroatoms. The average molecular weight is 246 g/mol. The van der Waals surface area contributed by atoms with Gasteiger partial charge in [-0.25, -0.2) is 9.97 Å². The predicted octanol–water partition coefficient (Wildman–Crippen LogP) is 2.69. The molecule has 1 saturated carbocycles. The fourth-order valence-electron chi connectivity index (χ4n) is 2.62. The Hall–Kier alpha value is -1.32. The van der Waals surface area contributed by atoms with Crippen molar-refractivity contribution < 1.29 is 0 Å². The molecule has 2 heterocycles. The third-order valence-electron chi connectivity index (χ3n) is 3.83. The van der Waals surface area contributed by atoms with Gasteiger partial charge in [-0.15, -0.1) is 0 Å².